The molecule has 5 nitrogen and oxygen atoms in total. The molecule has 0 radical (unpaired) electrons. The number of hydrogen-bond donors (Lipinski definition) is 1. The Morgan fingerprint density at radius 2 is 1.64 bits per heavy atom. The number of sulfonamides is 1. The summed E-state index contributed by atoms with van der Waals surface area (Å²) in [6, 6.07) is 10.4. The number of nitrogens with zero attached hydrogens (tertiary/aromatic N) is 1. The molecule has 0 saturated carbocycles. The van der Waals surface area contributed by atoms with Gasteiger partial charge < -0.3 is 5.32 Å². The standard InChI is InChI=1S/C19H19Cl2FN2O3S/c20-17-2-1-3-18(21)16(17)12-28(26,27)24-10-8-13(9-11-24)19(25)23-15-6-4-14(22)5-7-15/h1-7,13H,8-12H2,(H,23,25). The number of rotatable bonds is 5. The first-order valence-corrected chi connectivity index (χ1v) is 11.1. The summed E-state index contributed by atoms with van der Waals surface area (Å²) in [6.45, 7) is 0.484. The van der Waals surface area contributed by atoms with Crippen LogP contribution in [0.2, 0.25) is 10.0 Å². The number of anilines is 1. The largest absolute Gasteiger partial charge is 0.326 e. The summed E-state index contributed by atoms with van der Waals surface area (Å²) >= 11 is 12.2. The maximum Gasteiger partial charge on any atom is 0.227 e. The molecule has 1 fully saturated rings. The highest BCUT2D eigenvalue weighted by atomic mass is 35.5. The Morgan fingerprint density at radius 1 is 1.07 bits per heavy atom. The lowest BCUT2D eigenvalue weighted by molar-refractivity contribution is -0.120. The van der Waals surface area contributed by atoms with Crippen molar-refractivity contribution in [1.82, 2.24) is 4.31 Å². The molecule has 2 aromatic carbocycles. The van der Waals surface area contributed by atoms with Crippen molar-refractivity contribution in [3.8, 4) is 0 Å². The predicted octanol–water partition coefficient (Wildman–Crippen LogP) is 4.31. The fourth-order valence-corrected chi connectivity index (χ4v) is 5.43. The highest BCUT2D eigenvalue weighted by Crippen LogP contribution is 2.29. The van der Waals surface area contributed by atoms with E-state index >= 15 is 0 Å². The summed E-state index contributed by atoms with van der Waals surface area (Å²) in [7, 11) is -3.60. The van der Waals surface area contributed by atoms with Crippen molar-refractivity contribution in [2.45, 2.75) is 18.6 Å². The molecule has 0 unspecified atom stereocenters. The van der Waals surface area contributed by atoms with Gasteiger partial charge in [-0.3, -0.25) is 4.79 Å². The number of amides is 1. The first-order valence-electron chi connectivity index (χ1n) is 8.73. The zero-order valence-corrected chi connectivity index (χ0v) is 17.2. The van der Waals surface area contributed by atoms with E-state index < -0.39 is 10.0 Å². The lowest BCUT2D eigenvalue weighted by Gasteiger charge is -2.30. The van der Waals surface area contributed by atoms with Crippen molar-refractivity contribution < 1.29 is 17.6 Å². The smallest absolute Gasteiger partial charge is 0.227 e. The Balaban J connectivity index is 1.59. The van der Waals surface area contributed by atoms with Gasteiger partial charge in [-0.25, -0.2) is 17.1 Å². The van der Waals surface area contributed by atoms with Crippen molar-refractivity contribution in [2.24, 2.45) is 5.92 Å². The Labute approximate surface area is 173 Å². The van der Waals surface area contributed by atoms with Gasteiger partial charge in [0.15, 0.2) is 0 Å². The van der Waals surface area contributed by atoms with Crippen LogP contribution in [0.3, 0.4) is 0 Å². The van der Waals surface area contributed by atoms with E-state index in [-0.39, 0.29) is 36.5 Å². The Morgan fingerprint density at radius 3 is 2.21 bits per heavy atom. The first kappa shape index (κ1) is 21.0. The van der Waals surface area contributed by atoms with E-state index in [1.807, 2.05) is 0 Å². The zero-order chi connectivity index (χ0) is 20.3. The third-order valence-corrected chi connectivity index (χ3v) is 7.23. The van der Waals surface area contributed by atoms with Crippen molar-refractivity contribution in [2.75, 3.05) is 18.4 Å². The van der Waals surface area contributed by atoms with E-state index in [0.717, 1.165) is 0 Å². The van der Waals surface area contributed by atoms with Gasteiger partial charge in [-0.05, 0) is 49.2 Å². The van der Waals surface area contributed by atoms with E-state index in [9.17, 15) is 17.6 Å². The van der Waals surface area contributed by atoms with Gasteiger partial charge in [0, 0.05) is 40.3 Å². The second-order valence-corrected chi connectivity index (χ2v) is 9.41. The van der Waals surface area contributed by atoms with E-state index in [2.05, 4.69) is 5.32 Å². The molecule has 0 bridgehead atoms. The van der Waals surface area contributed by atoms with Crippen LogP contribution in [-0.2, 0) is 20.6 Å². The minimum absolute atomic E-state index is 0.196. The van der Waals surface area contributed by atoms with Crippen molar-refractivity contribution in [3.63, 3.8) is 0 Å². The maximum absolute atomic E-state index is 12.9. The molecule has 1 saturated heterocycles. The van der Waals surface area contributed by atoms with Crippen LogP contribution in [0.5, 0.6) is 0 Å². The molecule has 1 amide bonds. The molecule has 0 aromatic heterocycles. The van der Waals surface area contributed by atoms with Crippen LogP contribution < -0.4 is 5.32 Å². The molecule has 1 aliphatic heterocycles. The Bertz CT molecular complexity index is 939. The third-order valence-electron chi connectivity index (χ3n) is 4.72. The average Bonchev–Trinajstić information content (AvgIpc) is 2.67. The maximum atomic E-state index is 12.9. The fourth-order valence-electron chi connectivity index (χ4n) is 3.12. The molecule has 0 atom stereocenters. The molecule has 150 valence electrons. The van der Waals surface area contributed by atoms with Gasteiger partial charge in [-0.1, -0.05) is 29.3 Å². The summed E-state index contributed by atoms with van der Waals surface area (Å²) in [5.41, 5.74) is 0.886. The number of hydrogen-bond acceptors (Lipinski definition) is 3. The molecule has 3 rings (SSSR count). The highest BCUT2D eigenvalue weighted by Gasteiger charge is 2.32. The van der Waals surface area contributed by atoms with E-state index in [1.54, 1.807) is 18.2 Å². The van der Waals surface area contributed by atoms with Crippen LogP contribution in [0, 0.1) is 11.7 Å². The van der Waals surface area contributed by atoms with Gasteiger partial charge in [0.05, 0.1) is 5.75 Å². The zero-order valence-electron chi connectivity index (χ0n) is 14.9. The number of nitrogens with one attached hydrogen (secondary N) is 1. The molecule has 0 spiro atoms. The molecule has 9 heteroatoms. The number of carbonyl (C=O) groups excluding carboxylic acids is 1. The fraction of sp³-hybridized carbons (Fsp3) is 0.316. The number of piperidine rings is 1. The summed E-state index contributed by atoms with van der Waals surface area (Å²) in [6.07, 6.45) is 0.811. The molecule has 2 aromatic rings. The molecule has 1 heterocycles. The van der Waals surface area contributed by atoms with Crippen LogP contribution in [0.4, 0.5) is 10.1 Å². The summed E-state index contributed by atoms with van der Waals surface area (Å²) < 4.78 is 39.8. The molecular formula is C19H19Cl2FN2O3S. The monoisotopic (exact) mass is 444 g/mol. The number of benzene rings is 2. The Hall–Kier alpha value is -1.67. The third kappa shape index (κ3) is 5.03. The van der Waals surface area contributed by atoms with Gasteiger partial charge in [-0.2, -0.15) is 0 Å². The lowest BCUT2D eigenvalue weighted by atomic mass is 9.97. The van der Waals surface area contributed by atoms with Gasteiger partial charge in [0.1, 0.15) is 5.82 Å². The summed E-state index contributed by atoms with van der Waals surface area (Å²) in [4.78, 5) is 12.4. The van der Waals surface area contributed by atoms with E-state index in [4.69, 9.17) is 23.2 Å². The normalized spacial score (nSPS) is 16.1. The van der Waals surface area contributed by atoms with Gasteiger partial charge >= 0.3 is 0 Å². The minimum atomic E-state index is -3.60. The SMILES string of the molecule is O=C(Nc1ccc(F)cc1)C1CCN(S(=O)(=O)Cc2c(Cl)cccc2Cl)CC1. The molecule has 28 heavy (non-hydrogen) atoms. The predicted molar refractivity (Wildman–Crippen MR) is 108 cm³/mol. The van der Waals surface area contributed by atoms with E-state index in [1.165, 1.54) is 28.6 Å². The Kier molecular flexibility index (Phi) is 6.60. The quantitative estimate of drug-likeness (QED) is 0.746. The summed E-state index contributed by atoms with van der Waals surface area (Å²) in [5.74, 6) is -1.16. The van der Waals surface area contributed by atoms with Gasteiger partial charge in [0.2, 0.25) is 15.9 Å². The second kappa shape index (κ2) is 8.78. The van der Waals surface area contributed by atoms with Gasteiger partial charge in [0.25, 0.3) is 0 Å². The summed E-state index contributed by atoms with van der Waals surface area (Å²) in [5, 5.41) is 3.36. The molecule has 0 aliphatic carbocycles. The van der Waals surface area contributed by atoms with Crippen LogP contribution in [0.15, 0.2) is 42.5 Å². The molecule has 1 N–H and O–H groups in total. The number of carbonyl (C=O) groups is 1. The van der Waals surface area contributed by atoms with Crippen LogP contribution >= 0.6 is 23.2 Å². The van der Waals surface area contributed by atoms with Crippen molar-refractivity contribution in [1.29, 1.82) is 0 Å². The number of halogens is 3. The van der Waals surface area contributed by atoms with Gasteiger partial charge in [-0.15, -0.1) is 0 Å². The minimum Gasteiger partial charge on any atom is -0.326 e. The van der Waals surface area contributed by atoms with Crippen LogP contribution in [0.1, 0.15) is 18.4 Å². The average molecular weight is 445 g/mol. The van der Waals surface area contributed by atoms with Crippen LogP contribution in [0.25, 0.3) is 0 Å². The highest BCUT2D eigenvalue weighted by molar-refractivity contribution is 7.88. The second-order valence-electron chi connectivity index (χ2n) is 6.63. The first-order chi connectivity index (χ1) is 13.3. The van der Waals surface area contributed by atoms with Crippen molar-refractivity contribution >= 4 is 44.8 Å². The molecular weight excluding hydrogens is 426 g/mol. The van der Waals surface area contributed by atoms with Crippen LogP contribution in [-0.4, -0.2) is 31.7 Å². The van der Waals surface area contributed by atoms with Crippen molar-refractivity contribution in [3.05, 3.63) is 63.9 Å². The van der Waals surface area contributed by atoms with E-state index in [0.29, 0.717) is 34.1 Å². The topological polar surface area (TPSA) is 66.5 Å². The molecule has 1 aliphatic rings. The lowest BCUT2D eigenvalue weighted by Crippen LogP contribution is -2.41.